The first-order chi connectivity index (χ1) is 7.08. The van der Waals surface area contributed by atoms with E-state index in [0.29, 0.717) is 6.04 Å². The van der Waals surface area contributed by atoms with Gasteiger partial charge in [-0.3, -0.25) is 0 Å². The summed E-state index contributed by atoms with van der Waals surface area (Å²) in [6.45, 7) is 9.86. The highest BCUT2D eigenvalue weighted by Crippen LogP contribution is 2.13. The van der Waals surface area contributed by atoms with Crippen LogP contribution < -0.4 is 5.32 Å². The largest absolute Gasteiger partial charge is 0.314 e. The average Bonchev–Trinajstić information content (AvgIpc) is 2.58. The van der Waals surface area contributed by atoms with E-state index in [0.717, 1.165) is 24.6 Å². The first-order valence-corrected chi connectivity index (χ1v) is 6.60. The second-order valence-corrected chi connectivity index (χ2v) is 5.53. The number of rotatable bonds is 6. The van der Waals surface area contributed by atoms with Crippen LogP contribution in [0.15, 0.2) is 5.38 Å². The fourth-order valence-electron chi connectivity index (χ4n) is 1.43. The second-order valence-electron chi connectivity index (χ2n) is 4.59. The van der Waals surface area contributed by atoms with Gasteiger partial charge in [-0.25, -0.2) is 4.98 Å². The van der Waals surface area contributed by atoms with Crippen LogP contribution >= 0.6 is 11.3 Å². The molecule has 0 aliphatic carbocycles. The van der Waals surface area contributed by atoms with Crippen LogP contribution in [0.3, 0.4) is 0 Å². The lowest BCUT2D eigenvalue weighted by molar-refractivity contribution is 0.453. The summed E-state index contributed by atoms with van der Waals surface area (Å²) in [5.41, 5.74) is 1.16. The zero-order chi connectivity index (χ0) is 11.3. The van der Waals surface area contributed by atoms with Crippen LogP contribution in [0.5, 0.6) is 0 Å². The molecule has 0 aliphatic heterocycles. The Balaban J connectivity index is 2.19. The van der Waals surface area contributed by atoms with E-state index < -0.39 is 0 Å². The standard InChI is InChI=1S/C12H22N2S/c1-9(2)13-7-10(3)5-6-12-14-11(4)8-15-12/h8-10,13H,5-7H2,1-4H3. The van der Waals surface area contributed by atoms with Crippen LogP contribution in [0, 0.1) is 12.8 Å². The number of nitrogens with zero attached hydrogens (tertiary/aromatic N) is 1. The maximum absolute atomic E-state index is 4.48. The molecule has 3 heteroatoms. The molecule has 1 aromatic heterocycles. The molecule has 0 bridgehead atoms. The smallest absolute Gasteiger partial charge is 0.0928 e. The van der Waals surface area contributed by atoms with Crippen LogP contribution in [0.1, 0.15) is 37.9 Å². The van der Waals surface area contributed by atoms with Crippen molar-refractivity contribution in [2.24, 2.45) is 5.92 Å². The molecule has 0 amide bonds. The highest BCUT2D eigenvalue weighted by Gasteiger charge is 2.05. The molecule has 0 radical (unpaired) electrons. The van der Waals surface area contributed by atoms with Crippen LogP contribution in [-0.2, 0) is 6.42 Å². The first-order valence-electron chi connectivity index (χ1n) is 5.72. The van der Waals surface area contributed by atoms with E-state index in [9.17, 15) is 0 Å². The number of hydrogen-bond donors (Lipinski definition) is 1. The molecule has 2 nitrogen and oxygen atoms in total. The molecule has 86 valence electrons. The third-order valence-electron chi connectivity index (χ3n) is 2.39. The van der Waals surface area contributed by atoms with Crippen LogP contribution in [0.25, 0.3) is 0 Å². The number of nitrogens with one attached hydrogen (secondary N) is 1. The van der Waals surface area contributed by atoms with Crippen LogP contribution in [0.2, 0.25) is 0 Å². The van der Waals surface area contributed by atoms with Crippen LogP contribution in [-0.4, -0.2) is 17.6 Å². The van der Waals surface area contributed by atoms with Crippen molar-refractivity contribution in [3.05, 3.63) is 16.1 Å². The van der Waals surface area contributed by atoms with Crippen molar-refractivity contribution in [2.75, 3.05) is 6.54 Å². The van der Waals surface area contributed by atoms with E-state index in [4.69, 9.17) is 0 Å². The lowest BCUT2D eigenvalue weighted by Gasteiger charge is -2.13. The summed E-state index contributed by atoms with van der Waals surface area (Å²) >= 11 is 1.78. The van der Waals surface area contributed by atoms with Gasteiger partial charge in [0.15, 0.2) is 0 Å². The molecule has 1 atom stereocenters. The number of aryl methyl sites for hydroxylation is 2. The van der Waals surface area contributed by atoms with E-state index in [-0.39, 0.29) is 0 Å². The maximum atomic E-state index is 4.48. The van der Waals surface area contributed by atoms with Crippen molar-refractivity contribution in [2.45, 2.75) is 46.6 Å². The predicted molar refractivity (Wildman–Crippen MR) is 67.5 cm³/mol. The second kappa shape index (κ2) is 6.23. The van der Waals surface area contributed by atoms with Gasteiger partial charge in [-0.2, -0.15) is 0 Å². The third-order valence-corrected chi connectivity index (χ3v) is 3.42. The molecule has 1 rings (SSSR count). The molecule has 0 spiro atoms. The Morgan fingerprint density at radius 1 is 1.40 bits per heavy atom. The summed E-state index contributed by atoms with van der Waals surface area (Å²) in [5.74, 6) is 0.733. The minimum absolute atomic E-state index is 0.592. The molecule has 1 N–H and O–H groups in total. The summed E-state index contributed by atoms with van der Waals surface area (Å²) in [6.07, 6.45) is 2.35. The zero-order valence-electron chi connectivity index (χ0n) is 10.2. The summed E-state index contributed by atoms with van der Waals surface area (Å²) < 4.78 is 0. The van der Waals surface area contributed by atoms with Gasteiger partial charge in [0.1, 0.15) is 0 Å². The SMILES string of the molecule is Cc1csc(CCC(C)CNC(C)C)n1. The number of aromatic nitrogens is 1. The topological polar surface area (TPSA) is 24.9 Å². The normalized spacial score (nSPS) is 13.4. The quantitative estimate of drug-likeness (QED) is 0.806. The Morgan fingerprint density at radius 2 is 2.13 bits per heavy atom. The number of thiazole rings is 1. The fraction of sp³-hybridized carbons (Fsp3) is 0.750. The summed E-state index contributed by atoms with van der Waals surface area (Å²) in [5, 5.41) is 6.88. The Kier molecular flexibility index (Phi) is 5.26. The summed E-state index contributed by atoms with van der Waals surface area (Å²) in [6, 6.07) is 0.592. The molecule has 0 aliphatic rings. The van der Waals surface area contributed by atoms with Crippen molar-refractivity contribution in [1.29, 1.82) is 0 Å². The van der Waals surface area contributed by atoms with Gasteiger partial charge in [0.25, 0.3) is 0 Å². The first kappa shape index (κ1) is 12.7. The van der Waals surface area contributed by atoms with Crippen LogP contribution in [0.4, 0.5) is 0 Å². The van der Waals surface area contributed by atoms with Gasteiger partial charge < -0.3 is 5.32 Å². The monoisotopic (exact) mass is 226 g/mol. The molecule has 0 aromatic carbocycles. The molecular weight excluding hydrogens is 204 g/mol. The molecule has 15 heavy (non-hydrogen) atoms. The minimum atomic E-state index is 0.592. The molecule has 1 unspecified atom stereocenters. The minimum Gasteiger partial charge on any atom is -0.314 e. The summed E-state index contributed by atoms with van der Waals surface area (Å²) in [4.78, 5) is 4.48. The lowest BCUT2D eigenvalue weighted by atomic mass is 10.1. The van der Waals surface area contributed by atoms with Gasteiger partial charge in [-0.1, -0.05) is 20.8 Å². The predicted octanol–water partition coefficient (Wildman–Crippen LogP) is 3.02. The summed E-state index contributed by atoms with van der Waals surface area (Å²) in [7, 11) is 0. The van der Waals surface area contributed by atoms with Crippen molar-refractivity contribution in [1.82, 2.24) is 10.3 Å². The molecule has 0 saturated heterocycles. The van der Waals surface area contributed by atoms with Gasteiger partial charge in [0.2, 0.25) is 0 Å². The van der Waals surface area contributed by atoms with E-state index in [1.165, 1.54) is 11.4 Å². The van der Waals surface area contributed by atoms with E-state index in [1.54, 1.807) is 11.3 Å². The highest BCUT2D eigenvalue weighted by atomic mass is 32.1. The average molecular weight is 226 g/mol. The Bertz CT molecular complexity index is 281. The van der Waals surface area contributed by atoms with Crippen molar-refractivity contribution in [3.8, 4) is 0 Å². The van der Waals surface area contributed by atoms with E-state index in [1.807, 2.05) is 0 Å². The third kappa shape index (κ3) is 5.28. The molecule has 1 aromatic rings. The molecule has 0 saturated carbocycles. The lowest BCUT2D eigenvalue weighted by Crippen LogP contribution is -2.28. The Morgan fingerprint density at radius 3 is 2.67 bits per heavy atom. The maximum Gasteiger partial charge on any atom is 0.0928 e. The zero-order valence-corrected chi connectivity index (χ0v) is 11.0. The van der Waals surface area contributed by atoms with Gasteiger partial charge in [0, 0.05) is 17.1 Å². The van der Waals surface area contributed by atoms with E-state index in [2.05, 4.69) is 43.4 Å². The highest BCUT2D eigenvalue weighted by molar-refractivity contribution is 7.09. The van der Waals surface area contributed by atoms with Gasteiger partial charge in [-0.05, 0) is 32.2 Å². The van der Waals surface area contributed by atoms with Gasteiger partial charge in [-0.15, -0.1) is 11.3 Å². The fourth-order valence-corrected chi connectivity index (χ4v) is 2.22. The Hall–Kier alpha value is -0.410. The van der Waals surface area contributed by atoms with Gasteiger partial charge >= 0.3 is 0 Å². The van der Waals surface area contributed by atoms with E-state index >= 15 is 0 Å². The van der Waals surface area contributed by atoms with Crippen molar-refractivity contribution >= 4 is 11.3 Å². The number of hydrogen-bond acceptors (Lipinski definition) is 3. The molecule has 0 fully saturated rings. The van der Waals surface area contributed by atoms with Crippen molar-refractivity contribution in [3.63, 3.8) is 0 Å². The van der Waals surface area contributed by atoms with Gasteiger partial charge in [0.05, 0.1) is 5.01 Å². The molecular formula is C12H22N2S. The Labute approximate surface area is 97.1 Å². The van der Waals surface area contributed by atoms with Crippen molar-refractivity contribution < 1.29 is 0 Å². The molecule has 1 heterocycles.